The van der Waals surface area contributed by atoms with Gasteiger partial charge in [0.25, 0.3) is 0 Å². The van der Waals surface area contributed by atoms with Crippen LogP contribution in [-0.4, -0.2) is 16.7 Å². The maximum Gasteiger partial charge on any atom is 0.340 e. The van der Waals surface area contributed by atoms with Crippen LogP contribution in [0.5, 0.6) is 0 Å². The van der Waals surface area contributed by atoms with Gasteiger partial charge in [-0.3, -0.25) is 0 Å². The lowest BCUT2D eigenvalue weighted by molar-refractivity contribution is -0.165. The molecule has 1 unspecified atom stereocenters. The zero-order valence-electron chi connectivity index (χ0n) is 9.23. The molecule has 0 bridgehead atoms. The third-order valence-corrected chi connectivity index (χ3v) is 1.75. The van der Waals surface area contributed by atoms with Crippen molar-refractivity contribution in [1.29, 1.82) is 0 Å². The van der Waals surface area contributed by atoms with Crippen LogP contribution in [0.1, 0.15) is 32.4 Å². The molecule has 15 heavy (non-hydrogen) atoms. The predicted molar refractivity (Wildman–Crippen MR) is 57.2 cm³/mol. The molecule has 0 aliphatic heterocycles. The lowest BCUT2D eigenvalue weighted by atomic mass is 10.1. The molecule has 1 rings (SSSR count). The van der Waals surface area contributed by atoms with Crippen molar-refractivity contribution in [2.45, 2.75) is 32.5 Å². The Morgan fingerprint density at radius 1 is 1.27 bits per heavy atom. The fourth-order valence-electron chi connectivity index (χ4n) is 1.13. The molecule has 1 aromatic rings. The van der Waals surface area contributed by atoms with Gasteiger partial charge >= 0.3 is 5.97 Å². The van der Waals surface area contributed by atoms with Crippen molar-refractivity contribution in [1.82, 2.24) is 0 Å². The first-order valence-electron chi connectivity index (χ1n) is 4.86. The second-order valence-corrected chi connectivity index (χ2v) is 4.35. The lowest BCUT2D eigenvalue weighted by Crippen LogP contribution is -2.27. The van der Waals surface area contributed by atoms with Crippen LogP contribution >= 0.6 is 0 Å². The summed E-state index contributed by atoms with van der Waals surface area (Å²) in [6.07, 6.45) is -1.20. The molecule has 0 heterocycles. The van der Waals surface area contributed by atoms with Crippen molar-refractivity contribution in [3.8, 4) is 0 Å². The average Bonchev–Trinajstić information content (AvgIpc) is 2.15. The number of aliphatic hydroxyl groups is 1. The largest absolute Gasteiger partial charge is 0.458 e. The normalized spacial score (nSPS) is 13.3. The Morgan fingerprint density at radius 2 is 1.80 bits per heavy atom. The summed E-state index contributed by atoms with van der Waals surface area (Å²) in [5.74, 6) is -0.617. The predicted octanol–water partition coefficient (Wildman–Crippen LogP) is 2.06. The van der Waals surface area contributed by atoms with Crippen molar-refractivity contribution >= 4 is 5.97 Å². The van der Waals surface area contributed by atoms with E-state index in [1.165, 1.54) is 0 Å². The highest BCUT2D eigenvalue weighted by Crippen LogP contribution is 2.17. The van der Waals surface area contributed by atoms with Crippen LogP contribution < -0.4 is 0 Å². The molecule has 1 atom stereocenters. The SMILES string of the molecule is CC(C)(C)OC(=O)C(O)c1ccccc1. The molecule has 0 aromatic heterocycles. The van der Waals surface area contributed by atoms with Crippen molar-refractivity contribution < 1.29 is 14.6 Å². The van der Waals surface area contributed by atoms with Crippen LogP contribution in [0.15, 0.2) is 30.3 Å². The number of aliphatic hydroxyl groups excluding tert-OH is 1. The molecule has 0 spiro atoms. The van der Waals surface area contributed by atoms with E-state index in [0.29, 0.717) is 5.56 Å². The summed E-state index contributed by atoms with van der Waals surface area (Å²) < 4.78 is 5.06. The van der Waals surface area contributed by atoms with Crippen molar-refractivity contribution in [2.75, 3.05) is 0 Å². The van der Waals surface area contributed by atoms with Crippen LogP contribution in [-0.2, 0) is 9.53 Å². The van der Waals surface area contributed by atoms with E-state index in [-0.39, 0.29) is 0 Å². The van der Waals surface area contributed by atoms with Crippen molar-refractivity contribution in [3.63, 3.8) is 0 Å². The zero-order chi connectivity index (χ0) is 11.5. The molecule has 3 heteroatoms. The smallest absolute Gasteiger partial charge is 0.340 e. The number of benzene rings is 1. The molecule has 0 saturated carbocycles. The number of hydrogen-bond acceptors (Lipinski definition) is 3. The van der Waals surface area contributed by atoms with Crippen LogP contribution in [0.25, 0.3) is 0 Å². The van der Waals surface area contributed by atoms with E-state index < -0.39 is 17.7 Å². The van der Waals surface area contributed by atoms with Gasteiger partial charge in [0, 0.05) is 0 Å². The van der Waals surface area contributed by atoms with E-state index in [1.807, 2.05) is 6.07 Å². The van der Waals surface area contributed by atoms with E-state index in [4.69, 9.17) is 4.74 Å². The fraction of sp³-hybridized carbons (Fsp3) is 0.417. The minimum Gasteiger partial charge on any atom is -0.458 e. The fourth-order valence-corrected chi connectivity index (χ4v) is 1.13. The van der Waals surface area contributed by atoms with Gasteiger partial charge in [-0.1, -0.05) is 30.3 Å². The molecule has 0 saturated heterocycles. The van der Waals surface area contributed by atoms with E-state index in [9.17, 15) is 9.90 Å². The molecule has 0 aliphatic carbocycles. The minimum atomic E-state index is -1.20. The van der Waals surface area contributed by atoms with E-state index in [2.05, 4.69) is 0 Å². The molecule has 0 fully saturated rings. The number of carbonyl (C=O) groups is 1. The van der Waals surface area contributed by atoms with E-state index in [1.54, 1.807) is 45.0 Å². The first-order chi connectivity index (χ1) is 6.90. The standard InChI is InChI=1S/C12H16O3/c1-12(2,3)15-11(14)10(13)9-7-5-4-6-8-9/h4-8,10,13H,1-3H3. The first kappa shape index (κ1) is 11.7. The number of hydrogen-bond donors (Lipinski definition) is 1. The number of rotatable bonds is 2. The Balaban J connectivity index is 2.70. The maximum absolute atomic E-state index is 11.5. The van der Waals surface area contributed by atoms with Gasteiger partial charge in [-0.05, 0) is 26.3 Å². The third-order valence-electron chi connectivity index (χ3n) is 1.75. The van der Waals surface area contributed by atoms with Gasteiger partial charge in [0.05, 0.1) is 0 Å². The van der Waals surface area contributed by atoms with Gasteiger partial charge in [0.1, 0.15) is 5.60 Å². The van der Waals surface area contributed by atoms with Gasteiger partial charge < -0.3 is 9.84 Å². The molecule has 0 radical (unpaired) electrons. The van der Waals surface area contributed by atoms with Gasteiger partial charge in [-0.25, -0.2) is 4.79 Å². The molecule has 0 aliphatic rings. The minimum absolute atomic E-state index is 0.548. The summed E-state index contributed by atoms with van der Waals surface area (Å²) in [6.45, 7) is 5.30. The molecule has 1 aromatic carbocycles. The quantitative estimate of drug-likeness (QED) is 0.757. The molecular formula is C12H16O3. The summed E-state index contributed by atoms with van der Waals surface area (Å²) in [5, 5.41) is 9.68. The van der Waals surface area contributed by atoms with Gasteiger partial charge in [0.2, 0.25) is 0 Å². The summed E-state index contributed by atoms with van der Waals surface area (Å²) in [4.78, 5) is 11.5. The summed E-state index contributed by atoms with van der Waals surface area (Å²) in [5.41, 5.74) is -0.0286. The zero-order valence-corrected chi connectivity index (χ0v) is 9.23. The molecule has 0 amide bonds. The number of esters is 1. The Labute approximate surface area is 89.7 Å². The second kappa shape index (κ2) is 4.45. The average molecular weight is 208 g/mol. The molecule has 3 nitrogen and oxygen atoms in total. The first-order valence-corrected chi connectivity index (χ1v) is 4.86. The molecule has 82 valence electrons. The Hall–Kier alpha value is -1.35. The van der Waals surface area contributed by atoms with Crippen LogP contribution in [0.3, 0.4) is 0 Å². The summed E-state index contributed by atoms with van der Waals surface area (Å²) in [6, 6.07) is 8.74. The van der Waals surface area contributed by atoms with Gasteiger partial charge in [-0.15, -0.1) is 0 Å². The van der Waals surface area contributed by atoms with E-state index in [0.717, 1.165) is 0 Å². The van der Waals surface area contributed by atoms with Crippen LogP contribution in [0.2, 0.25) is 0 Å². The second-order valence-electron chi connectivity index (χ2n) is 4.35. The number of carbonyl (C=O) groups excluding carboxylic acids is 1. The van der Waals surface area contributed by atoms with E-state index >= 15 is 0 Å². The topological polar surface area (TPSA) is 46.5 Å². The highest BCUT2D eigenvalue weighted by Gasteiger charge is 2.24. The summed E-state index contributed by atoms with van der Waals surface area (Å²) in [7, 11) is 0. The molecule has 1 N–H and O–H groups in total. The maximum atomic E-state index is 11.5. The number of ether oxygens (including phenoxy) is 1. The Morgan fingerprint density at radius 3 is 2.27 bits per heavy atom. The lowest BCUT2D eigenvalue weighted by Gasteiger charge is -2.21. The van der Waals surface area contributed by atoms with Gasteiger partial charge in [0.15, 0.2) is 6.10 Å². The van der Waals surface area contributed by atoms with Crippen LogP contribution in [0, 0.1) is 0 Å². The van der Waals surface area contributed by atoms with Crippen molar-refractivity contribution in [3.05, 3.63) is 35.9 Å². The van der Waals surface area contributed by atoms with Gasteiger partial charge in [-0.2, -0.15) is 0 Å². The monoisotopic (exact) mass is 208 g/mol. The highest BCUT2D eigenvalue weighted by atomic mass is 16.6. The van der Waals surface area contributed by atoms with Crippen LogP contribution in [0.4, 0.5) is 0 Å². The highest BCUT2D eigenvalue weighted by molar-refractivity contribution is 5.76. The Kier molecular flexibility index (Phi) is 3.48. The molecular weight excluding hydrogens is 192 g/mol. The third kappa shape index (κ3) is 3.72. The summed E-state index contributed by atoms with van der Waals surface area (Å²) >= 11 is 0. The Bertz CT molecular complexity index is 324. The van der Waals surface area contributed by atoms with Crippen molar-refractivity contribution in [2.24, 2.45) is 0 Å².